The van der Waals surface area contributed by atoms with Gasteiger partial charge in [0.2, 0.25) is 5.91 Å². The van der Waals surface area contributed by atoms with E-state index in [1.165, 1.54) is 0 Å². The van der Waals surface area contributed by atoms with E-state index in [2.05, 4.69) is 42.5 Å². The standard InChI is InChI=1S/C20H21N5O/c1-20(2,3)19(25-17-7-5-4-6-16(17)23-24-25)22-18(26)12-14-8-10-15(13-21)11-9-14/h4-11,19H,12H2,1-3H3,(H,22,26). The van der Waals surface area contributed by atoms with E-state index in [1.54, 1.807) is 28.9 Å². The van der Waals surface area contributed by atoms with Crippen molar-refractivity contribution in [3.05, 3.63) is 59.7 Å². The van der Waals surface area contributed by atoms with Crippen molar-refractivity contribution in [2.75, 3.05) is 0 Å². The molecule has 1 N–H and O–H groups in total. The lowest BCUT2D eigenvalue weighted by Gasteiger charge is -2.31. The second-order valence-corrected chi connectivity index (χ2v) is 7.34. The molecule has 0 aliphatic carbocycles. The van der Waals surface area contributed by atoms with Crippen molar-refractivity contribution in [1.82, 2.24) is 20.3 Å². The van der Waals surface area contributed by atoms with Gasteiger partial charge in [-0.3, -0.25) is 4.79 Å². The summed E-state index contributed by atoms with van der Waals surface area (Å²) in [5.74, 6) is -0.103. The van der Waals surface area contributed by atoms with Gasteiger partial charge in [-0.25, -0.2) is 4.68 Å². The van der Waals surface area contributed by atoms with Gasteiger partial charge in [0, 0.05) is 5.41 Å². The van der Waals surface area contributed by atoms with Crippen molar-refractivity contribution in [3.63, 3.8) is 0 Å². The fourth-order valence-corrected chi connectivity index (χ4v) is 2.81. The normalized spacial score (nSPS) is 12.5. The predicted molar refractivity (Wildman–Crippen MR) is 99.0 cm³/mol. The third-order valence-corrected chi connectivity index (χ3v) is 4.19. The molecule has 132 valence electrons. The summed E-state index contributed by atoms with van der Waals surface area (Å²) >= 11 is 0. The number of amides is 1. The highest BCUT2D eigenvalue weighted by atomic mass is 16.1. The first-order valence-corrected chi connectivity index (χ1v) is 8.47. The van der Waals surface area contributed by atoms with E-state index in [-0.39, 0.29) is 23.9 Å². The number of carbonyl (C=O) groups is 1. The van der Waals surface area contributed by atoms with Gasteiger partial charge in [-0.15, -0.1) is 5.10 Å². The average molecular weight is 347 g/mol. The van der Waals surface area contributed by atoms with Gasteiger partial charge in [-0.05, 0) is 29.8 Å². The number of nitrogens with one attached hydrogen (secondary N) is 1. The monoisotopic (exact) mass is 347 g/mol. The highest BCUT2D eigenvalue weighted by molar-refractivity contribution is 5.79. The quantitative estimate of drug-likeness (QED) is 0.785. The van der Waals surface area contributed by atoms with Crippen LogP contribution < -0.4 is 5.32 Å². The van der Waals surface area contributed by atoms with Crippen LogP contribution in [0.3, 0.4) is 0 Å². The Labute approximate surface area is 152 Å². The molecule has 1 heterocycles. The smallest absolute Gasteiger partial charge is 0.226 e. The molecule has 6 heteroatoms. The minimum Gasteiger partial charge on any atom is -0.333 e. The molecule has 3 aromatic rings. The Morgan fingerprint density at radius 3 is 2.54 bits per heavy atom. The van der Waals surface area contributed by atoms with Crippen LogP contribution in [0.4, 0.5) is 0 Å². The minimum atomic E-state index is -0.333. The van der Waals surface area contributed by atoms with Gasteiger partial charge in [0.15, 0.2) is 0 Å². The average Bonchev–Trinajstić information content (AvgIpc) is 3.03. The zero-order valence-corrected chi connectivity index (χ0v) is 15.1. The summed E-state index contributed by atoms with van der Waals surface area (Å²) in [6, 6.07) is 16.8. The molecule has 0 spiro atoms. The molecule has 26 heavy (non-hydrogen) atoms. The van der Waals surface area contributed by atoms with Crippen LogP contribution in [-0.4, -0.2) is 20.9 Å². The number of para-hydroxylation sites is 1. The summed E-state index contributed by atoms with van der Waals surface area (Å²) in [7, 11) is 0. The molecule has 1 amide bonds. The molecule has 1 aromatic heterocycles. The molecule has 6 nitrogen and oxygen atoms in total. The third kappa shape index (κ3) is 3.72. The Balaban J connectivity index is 1.83. The van der Waals surface area contributed by atoms with Gasteiger partial charge in [0.1, 0.15) is 11.7 Å². The lowest BCUT2D eigenvalue weighted by Crippen LogP contribution is -2.41. The van der Waals surface area contributed by atoms with Crippen LogP contribution in [-0.2, 0) is 11.2 Å². The van der Waals surface area contributed by atoms with E-state index in [0.29, 0.717) is 5.56 Å². The van der Waals surface area contributed by atoms with E-state index in [4.69, 9.17) is 5.26 Å². The molecular weight excluding hydrogens is 326 g/mol. The van der Waals surface area contributed by atoms with Crippen LogP contribution >= 0.6 is 0 Å². The number of carbonyl (C=O) groups excluding carboxylic acids is 1. The van der Waals surface area contributed by atoms with E-state index in [1.807, 2.05) is 24.3 Å². The fourth-order valence-electron chi connectivity index (χ4n) is 2.81. The summed E-state index contributed by atoms with van der Waals surface area (Å²) in [5, 5.41) is 20.4. The van der Waals surface area contributed by atoms with Crippen LogP contribution in [0.15, 0.2) is 48.5 Å². The number of aromatic nitrogens is 3. The number of hydrogen-bond acceptors (Lipinski definition) is 4. The number of nitrogens with zero attached hydrogens (tertiary/aromatic N) is 4. The molecule has 1 atom stereocenters. The number of nitriles is 1. The molecule has 3 rings (SSSR count). The Kier molecular flexibility index (Phi) is 4.72. The van der Waals surface area contributed by atoms with Gasteiger partial charge in [-0.2, -0.15) is 5.26 Å². The zero-order chi connectivity index (χ0) is 18.7. The molecule has 0 bridgehead atoms. The molecule has 0 radical (unpaired) electrons. The van der Waals surface area contributed by atoms with Crippen LogP contribution in [0.5, 0.6) is 0 Å². The highest BCUT2D eigenvalue weighted by Crippen LogP contribution is 2.30. The van der Waals surface area contributed by atoms with Crippen molar-refractivity contribution in [3.8, 4) is 6.07 Å². The van der Waals surface area contributed by atoms with Crippen molar-refractivity contribution in [2.45, 2.75) is 33.4 Å². The summed E-state index contributed by atoms with van der Waals surface area (Å²) in [6.07, 6.45) is -0.0916. The van der Waals surface area contributed by atoms with Gasteiger partial charge in [0.05, 0.1) is 23.6 Å². The number of hydrogen-bond donors (Lipinski definition) is 1. The van der Waals surface area contributed by atoms with Crippen LogP contribution in [0.25, 0.3) is 11.0 Å². The maximum atomic E-state index is 12.6. The van der Waals surface area contributed by atoms with E-state index in [0.717, 1.165) is 16.6 Å². The van der Waals surface area contributed by atoms with E-state index in [9.17, 15) is 4.79 Å². The van der Waals surface area contributed by atoms with E-state index >= 15 is 0 Å². The van der Waals surface area contributed by atoms with Crippen molar-refractivity contribution >= 4 is 16.9 Å². The van der Waals surface area contributed by atoms with E-state index < -0.39 is 0 Å². The molecule has 0 fully saturated rings. The Morgan fingerprint density at radius 1 is 1.19 bits per heavy atom. The largest absolute Gasteiger partial charge is 0.333 e. The van der Waals surface area contributed by atoms with Crippen molar-refractivity contribution in [1.29, 1.82) is 5.26 Å². The molecular formula is C20H21N5O. The fraction of sp³-hybridized carbons (Fsp3) is 0.300. The first kappa shape index (κ1) is 17.6. The van der Waals surface area contributed by atoms with Crippen LogP contribution in [0.2, 0.25) is 0 Å². The maximum Gasteiger partial charge on any atom is 0.226 e. The second-order valence-electron chi connectivity index (χ2n) is 7.34. The Bertz CT molecular complexity index is 960. The first-order chi connectivity index (χ1) is 12.4. The highest BCUT2D eigenvalue weighted by Gasteiger charge is 2.30. The minimum absolute atomic E-state index is 0.103. The topological polar surface area (TPSA) is 83.6 Å². The predicted octanol–water partition coefficient (Wildman–Crippen LogP) is 3.21. The Hall–Kier alpha value is -3.20. The Morgan fingerprint density at radius 2 is 1.88 bits per heavy atom. The lowest BCUT2D eigenvalue weighted by atomic mass is 9.92. The van der Waals surface area contributed by atoms with Gasteiger partial charge >= 0.3 is 0 Å². The van der Waals surface area contributed by atoms with Crippen molar-refractivity contribution in [2.24, 2.45) is 5.41 Å². The van der Waals surface area contributed by atoms with Crippen LogP contribution in [0, 0.1) is 16.7 Å². The number of benzene rings is 2. The third-order valence-electron chi connectivity index (χ3n) is 4.19. The van der Waals surface area contributed by atoms with Crippen LogP contribution in [0.1, 0.15) is 38.1 Å². The summed E-state index contributed by atoms with van der Waals surface area (Å²) in [5.41, 5.74) is 2.86. The van der Waals surface area contributed by atoms with Gasteiger partial charge in [0.25, 0.3) is 0 Å². The molecule has 0 aliphatic rings. The summed E-state index contributed by atoms with van der Waals surface area (Å²) < 4.78 is 1.77. The number of rotatable bonds is 4. The number of fused-ring (bicyclic) bond motifs is 1. The molecule has 0 saturated heterocycles. The molecule has 2 aromatic carbocycles. The summed E-state index contributed by atoms with van der Waals surface area (Å²) in [4.78, 5) is 12.6. The molecule has 0 saturated carbocycles. The molecule has 1 unspecified atom stereocenters. The summed E-state index contributed by atoms with van der Waals surface area (Å²) in [6.45, 7) is 6.16. The molecule has 0 aliphatic heterocycles. The maximum absolute atomic E-state index is 12.6. The second kappa shape index (κ2) is 6.96. The van der Waals surface area contributed by atoms with Crippen molar-refractivity contribution < 1.29 is 4.79 Å². The zero-order valence-electron chi connectivity index (χ0n) is 15.1. The van der Waals surface area contributed by atoms with Gasteiger partial charge in [-0.1, -0.05) is 50.3 Å². The lowest BCUT2D eigenvalue weighted by molar-refractivity contribution is -0.123. The van der Waals surface area contributed by atoms with Gasteiger partial charge < -0.3 is 5.32 Å². The first-order valence-electron chi connectivity index (χ1n) is 8.47. The SMILES string of the molecule is CC(C)(C)C(NC(=O)Cc1ccc(C#N)cc1)n1nnc2ccccc21.